The molecule has 1 aliphatic rings. The molecule has 0 aromatic heterocycles. The van der Waals surface area contributed by atoms with Crippen LogP contribution < -0.4 is 11.3 Å². The minimum absolute atomic E-state index is 0.204. The van der Waals surface area contributed by atoms with Gasteiger partial charge >= 0.3 is 0 Å². The lowest BCUT2D eigenvalue weighted by Crippen LogP contribution is -2.52. The highest BCUT2D eigenvalue weighted by Crippen LogP contribution is 2.26. The molecule has 0 bridgehead atoms. The summed E-state index contributed by atoms with van der Waals surface area (Å²) in [6, 6.07) is 0.204. The largest absolute Gasteiger partial charge is 0.381 e. The molecule has 1 fully saturated rings. The summed E-state index contributed by atoms with van der Waals surface area (Å²) in [5.41, 5.74) is 2.70. The quantitative estimate of drug-likeness (QED) is 0.535. The lowest BCUT2D eigenvalue weighted by Gasteiger charge is -2.36. The van der Waals surface area contributed by atoms with E-state index in [4.69, 9.17) is 15.3 Å². The first-order valence-electron chi connectivity index (χ1n) is 6.28. The average molecular weight is 230 g/mol. The molecule has 1 rings (SSSR count). The van der Waals surface area contributed by atoms with Crippen molar-refractivity contribution >= 4 is 0 Å². The molecule has 1 atom stereocenters. The summed E-state index contributed by atoms with van der Waals surface area (Å²) in [6.45, 7) is 8.71. The van der Waals surface area contributed by atoms with Gasteiger partial charge in [0.05, 0.1) is 5.60 Å². The van der Waals surface area contributed by atoms with Gasteiger partial charge in [0.1, 0.15) is 0 Å². The Labute approximate surface area is 98.8 Å². The van der Waals surface area contributed by atoms with Gasteiger partial charge in [-0.15, -0.1) is 0 Å². The second kappa shape index (κ2) is 6.55. The maximum absolute atomic E-state index is 5.75. The van der Waals surface area contributed by atoms with Gasteiger partial charge in [0.15, 0.2) is 0 Å². The van der Waals surface area contributed by atoms with Crippen LogP contribution in [0, 0.1) is 5.92 Å². The first-order valence-corrected chi connectivity index (χ1v) is 6.28. The Morgan fingerprint density at radius 1 is 1.44 bits per heavy atom. The molecule has 16 heavy (non-hydrogen) atoms. The molecule has 3 N–H and O–H groups in total. The molecule has 0 aromatic carbocycles. The van der Waals surface area contributed by atoms with Gasteiger partial charge < -0.3 is 9.47 Å². The third-order valence-corrected chi connectivity index (χ3v) is 3.47. The van der Waals surface area contributed by atoms with Gasteiger partial charge in [-0.1, -0.05) is 0 Å². The summed E-state index contributed by atoms with van der Waals surface area (Å²) in [5, 5.41) is 0. The zero-order valence-electron chi connectivity index (χ0n) is 10.8. The highest BCUT2D eigenvalue weighted by molar-refractivity contribution is 4.86. The highest BCUT2D eigenvalue weighted by atomic mass is 16.5. The molecular formula is C12H26N2O2. The second-order valence-corrected chi connectivity index (χ2v) is 5.05. The van der Waals surface area contributed by atoms with E-state index in [2.05, 4.69) is 19.3 Å². The van der Waals surface area contributed by atoms with E-state index in [-0.39, 0.29) is 11.6 Å². The van der Waals surface area contributed by atoms with Crippen LogP contribution in [-0.4, -0.2) is 31.5 Å². The second-order valence-electron chi connectivity index (χ2n) is 5.05. The molecule has 0 radical (unpaired) electrons. The first kappa shape index (κ1) is 13.9. The predicted molar refractivity (Wildman–Crippen MR) is 65.0 cm³/mol. The molecule has 1 heterocycles. The summed E-state index contributed by atoms with van der Waals surface area (Å²) in [5.74, 6) is 6.35. The topological polar surface area (TPSA) is 56.5 Å². The van der Waals surface area contributed by atoms with E-state index in [1.54, 1.807) is 0 Å². The van der Waals surface area contributed by atoms with Crippen molar-refractivity contribution < 1.29 is 9.47 Å². The maximum Gasteiger partial charge on any atom is 0.0792 e. The molecule has 0 aromatic rings. The Bertz CT molecular complexity index is 191. The Kier molecular flexibility index (Phi) is 5.69. The number of nitrogens with one attached hydrogen (secondary N) is 1. The van der Waals surface area contributed by atoms with Crippen molar-refractivity contribution in [1.29, 1.82) is 0 Å². The van der Waals surface area contributed by atoms with E-state index in [0.717, 1.165) is 39.1 Å². The zero-order chi connectivity index (χ0) is 12.0. The van der Waals surface area contributed by atoms with Crippen molar-refractivity contribution in [1.82, 2.24) is 5.43 Å². The molecule has 0 amide bonds. The van der Waals surface area contributed by atoms with Gasteiger partial charge in [-0.3, -0.25) is 11.3 Å². The lowest BCUT2D eigenvalue weighted by atomic mass is 9.86. The van der Waals surface area contributed by atoms with Crippen molar-refractivity contribution in [3.05, 3.63) is 0 Å². The monoisotopic (exact) mass is 230 g/mol. The number of hydrogen-bond donors (Lipinski definition) is 2. The van der Waals surface area contributed by atoms with Crippen molar-refractivity contribution in [2.75, 3.05) is 19.8 Å². The van der Waals surface area contributed by atoms with Crippen LogP contribution >= 0.6 is 0 Å². The predicted octanol–water partition coefficient (Wildman–Crippen LogP) is 1.45. The van der Waals surface area contributed by atoms with E-state index in [1.807, 2.05) is 6.92 Å². The standard InChI is InChI=1S/C12H26N2O2/c1-4-16-12(2,3)11(14-13)9-10-5-7-15-8-6-10/h10-11,14H,4-9,13H2,1-3H3. The van der Waals surface area contributed by atoms with Crippen LogP contribution in [0.15, 0.2) is 0 Å². The highest BCUT2D eigenvalue weighted by Gasteiger charge is 2.31. The van der Waals surface area contributed by atoms with Gasteiger partial charge in [0.2, 0.25) is 0 Å². The molecule has 0 aliphatic carbocycles. The summed E-state index contributed by atoms with van der Waals surface area (Å²) >= 11 is 0. The van der Waals surface area contributed by atoms with Gasteiger partial charge in [-0.25, -0.2) is 0 Å². The van der Waals surface area contributed by atoms with E-state index >= 15 is 0 Å². The zero-order valence-corrected chi connectivity index (χ0v) is 10.8. The molecule has 1 aliphatic heterocycles. The minimum atomic E-state index is -0.207. The Hall–Kier alpha value is -0.160. The van der Waals surface area contributed by atoms with Gasteiger partial charge in [0.25, 0.3) is 0 Å². The fourth-order valence-corrected chi connectivity index (χ4v) is 2.34. The van der Waals surface area contributed by atoms with Crippen LogP contribution in [-0.2, 0) is 9.47 Å². The van der Waals surface area contributed by atoms with Gasteiger partial charge in [-0.2, -0.15) is 0 Å². The van der Waals surface area contributed by atoms with E-state index in [9.17, 15) is 0 Å². The molecule has 4 nitrogen and oxygen atoms in total. The summed E-state index contributed by atoms with van der Waals surface area (Å²) < 4.78 is 11.1. The summed E-state index contributed by atoms with van der Waals surface area (Å²) in [7, 11) is 0. The van der Waals surface area contributed by atoms with Gasteiger partial charge in [0, 0.05) is 25.9 Å². The Balaban J connectivity index is 2.46. The van der Waals surface area contributed by atoms with Crippen molar-refractivity contribution in [2.45, 2.75) is 51.7 Å². The van der Waals surface area contributed by atoms with Crippen LogP contribution in [0.5, 0.6) is 0 Å². The number of nitrogens with two attached hydrogens (primary N) is 1. The minimum Gasteiger partial charge on any atom is -0.381 e. The molecule has 1 saturated heterocycles. The molecule has 1 unspecified atom stereocenters. The Morgan fingerprint density at radius 2 is 2.06 bits per heavy atom. The fourth-order valence-electron chi connectivity index (χ4n) is 2.34. The summed E-state index contributed by atoms with van der Waals surface area (Å²) in [6.07, 6.45) is 3.34. The Morgan fingerprint density at radius 3 is 2.56 bits per heavy atom. The SMILES string of the molecule is CCOC(C)(C)C(CC1CCOCC1)NN. The van der Waals surface area contributed by atoms with Crippen LogP contribution in [0.2, 0.25) is 0 Å². The van der Waals surface area contributed by atoms with Crippen LogP contribution in [0.25, 0.3) is 0 Å². The normalized spacial score (nSPS) is 21.0. The van der Waals surface area contributed by atoms with Crippen molar-refractivity contribution in [3.63, 3.8) is 0 Å². The maximum atomic E-state index is 5.75. The fraction of sp³-hybridized carbons (Fsp3) is 1.00. The third-order valence-electron chi connectivity index (χ3n) is 3.47. The molecule has 96 valence electrons. The van der Waals surface area contributed by atoms with E-state index < -0.39 is 0 Å². The number of rotatable bonds is 6. The van der Waals surface area contributed by atoms with Crippen molar-refractivity contribution in [3.8, 4) is 0 Å². The van der Waals surface area contributed by atoms with Crippen LogP contribution in [0.1, 0.15) is 40.0 Å². The molecule has 4 heteroatoms. The van der Waals surface area contributed by atoms with Gasteiger partial charge in [-0.05, 0) is 46.0 Å². The van der Waals surface area contributed by atoms with Crippen molar-refractivity contribution in [2.24, 2.45) is 11.8 Å². The third kappa shape index (κ3) is 4.01. The van der Waals surface area contributed by atoms with Crippen LogP contribution in [0.3, 0.4) is 0 Å². The van der Waals surface area contributed by atoms with E-state index in [1.165, 1.54) is 0 Å². The molecule has 0 saturated carbocycles. The van der Waals surface area contributed by atoms with E-state index in [0.29, 0.717) is 5.92 Å². The summed E-state index contributed by atoms with van der Waals surface area (Å²) in [4.78, 5) is 0. The number of ether oxygens (including phenoxy) is 2. The number of hydrazine groups is 1. The number of hydrogen-bond acceptors (Lipinski definition) is 4. The lowest BCUT2D eigenvalue weighted by molar-refractivity contribution is -0.0484. The molecule has 0 spiro atoms. The first-order chi connectivity index (χ1) is 7.60. The average Bonchev–Trinajstić information content (AvgIpc) is 2.27. The smallest absolute Gasteiger partial charge is 0.0792 e. The van der Waals surface area contributed by atoms with Crippen LogP contribution in [0.4, 0.5) is 0 Å². The molecular weight excluding hydrogens is 204 g/mol.